The van der Waals surface area contributed by atoms with Crippen molar-refractivity contribution in [3.8, 4) is 0 Å². The zero-order valence-electron chi connectivity index (χ0n) is 12.7. The van der Waals surface area contributed by atoms with E-state index in [1.807, 2.05) is 0 Å². The van der Waals surface area contributed by atoms with Crippen molar-refractivity contribution in [2.75, 3.05) is 13.1 Å². The molecule has 0 bridgehead atoms. The van der Waals surface area contributed by atoms with Gasteiger partial charge in [0.2, 0.25) is 0 Å². The Kier molecular flexibility index (Phi) is 6.02. The predicted octanol–water partition coefficient (Wildman–Crippen LogP) is 2.40. The quantitative estimate of drug-likeness (QED) is 0.852. The van der Waals surface area contributed by atoms with Crippen LogP contribution in [0.25, 0.3) is 0 Å². The molecule has 1 saturated heterocycles. The summed E-state index contributed by atoms with van der Waals surface area (Å²) in [6.45, 7) is 0.935. The Balaban J connectivity index is 2.05. The van der Waals surface area contributed by atoms with E-state index in [0.717, 1.165) is 0 Å². The number of ether oxygens (including phenoxy) is 1. The number of nitrogens with zero attached hydrogens (tertiary/aromatic N) is 1. The first-order valence-electron chi connectivity index (χ1n) is 7.38. The third-order valence-corrected chi connectivity index (χ3v) is 3.35. The lowest BCUT2D eigenvalue weighted by Gasteiger charge is -2.26. The predicted molar refractivity (Wildman–Crippen MR) is 76.5 cm³/mol. The number of hydrogen-bond acceptors (Lipinski definition) is 5. The van der Waals surface area contributed by atoms with Gasteiger partial charge in [0, 0.05) is 0 Å². The lowest BCUT2D eigenvalue weighted by atomic mass is 10.1. The van der Waals surface area contributed by atoms with Gasteiger partial charge in [0.1, 0.15) is 6.10 Å². The first-order valence-corrected chi connectivity index (χ1v) is 7.38. The van der Waals surface area contributed by atoms with Gasteiger partial charge in [-0.15, -0.1) is 5.06 Å². The molecule has 1 heterocycles. The van der Waals surface area contributed by atoms with Crippen molar-refractivity contribution in [2.24, 2.45) is 0 Å². The second-order valence-electron chi connectivity index (χ2n) is 5.23. The maximum Gasteiger partial charge on any atom is 0.493 e. The number of piperidine rings is 1. The molecule has 0 saturated carbocycles. The molecule has 6 nitrogen and oxygen atoms in total. The van der Waals surface area contributed by atoms with Gasteiger partial charge in [0.15, 0.2) is 0 Å². The summed E-state index contributed by atoms with van der Waals surface area (Å²) >= 11 is 0. The molecular weight excluding hydrogens is 329 g/mol. The van der Waals surface area contributed by atoms with Crippen molar-refractivity contribution in [1.82, 2.24) is 10.4 Å². The fourth-order valence-corrected chi connectivity index (χ4v) is 2.15. The molecule has 1 aromatic rings. The molecular formula is C15H17F3N2O4. The molecule has 1 aliphatic heterocycles. The third-order valence-electron chi connectivity index (χ3n) is 3.35. The molecule has 132 valence electrons. The van der Waals surface area contributed by atoms with Crippen molar-refractivity contribution in [2.45, 2.75) is 31.7 Å². The summed E-state index contributed by atoms with van der Waals surface area (Å²) in [7, 11) is 0. The van der Waals surface area contributed by atoms with Gasteiger partial charge in [-0.1, -0.05) is 30.3 Å². The Morgan fingerprint density at radius 3 is 2.38 bits per heavy atom. The van der Waals surface area contributed by atoms with Crippen molar-refractivity contribution in [3.63, 3.8) is 0 Å². The summed E-state index contributed by atoms with van der Waals surface area (Å²) in [5.74, 6) is -2.47. The van der Waals surface area contributed by atoms with Gasteiger partial charge in [-0.2, -0.15) is 13.2 Å². The first kappa shape index (κ1) is 18.1. The highest BCUT2D eigenvalue weighted by Gasteiger charge is 2.43. The van der Waals surface area contributed by atoms with Crippen LogP contribution in [-0.4, -0.2) is 42.5 Å². The molecule has 1 fully saturated rings. The maximum absolute atomic E-state index is 12.4. The number of halogens is 3. The molecule has 0 radical (unpaired) electrons. The van der Waals surface area contributed by atoms with E-state index < -0.39 is 24.3 Å². The summed E-state index contributed by atoms with van der Waals surface area (Å²) < 4.78 is 42.4. The van der Waals surface area contributed by atoms with E-state index in [1.54, 1.807) is 30.3 Å². The Hall–Kier alpha value is -2.29. The highest BCUT2D eigenvalue weighted by Crippen LogP contribution is 2.19. The monoisotopic (exact) mass is 346 g/mol. The van der Waals surface area contributed by atoms with E-state index >= 15 is 0 Å². The van der Waals surface area contributed by atoms with Crippen LogP contribution in [0, 0.1) is 0 Å². The van der Waals surface area contributed by atoms with Gasteiger partial charge < -0.3 is 14.9 Å². The molecule has 0 spiro atoms. The van der Waals surface area contributed by atoms with Crippen LogP contribution in [-0.2, 0) is 20.9 Å². The van der Waals surface area contributed by atoms with Crippen LogP contribution in [0.1, 0.15) is 18.4 Å². The normalized spacial score (nSPS) is 15.6. The number of carbonyl (C=O) groups excluding carboxylic acids is 2. The molecule has 1 aromatic carbocycles. The summed E-state index contributed by atoms with van der Waals surface area (Å²) in [6.07, 6.45) is -5.68. The van der Waals surface area contributed by atoms with E-state index in [0.29, 0.717) is 36.6 Å². The smallest absolute Gasteiger partial charge is 0.444 e. The molecule has 0 aliphatic carbocycles. The zero-order valence-corrected chi connectivity index (χ0v) is 12.7. The minimum Gasteiger partial charge on any atom is -0.444 e. The number of nitrogens with one attached hydrogen (secondary N) is 1. The van der Waals surface area contributed by atoms with E-state index in [1.165, 1.54) is 0 Å². The molecule has 0 unspecified atom stereocenters. The van der Waals surface area contributed by atoms with Crippen LogP contribution >= 0.6 is 0 Å². The minimum atomic E-state index is -5.20. The number of benzene rings is 1. The number of alkyl halides is 3. The fraction of sp³-hybridized carbons (Fsp3) is 0.467. The third kappa shape index (κ3) is 5.41. The van der Waals surface area contributed by atoms with Gasteiger partial charge in [0.25, 0.3) is 0 Å². The Morgan fingerprint density at radius 1 is 1.17 bits per heavy atom. The van der Waals surface area contributed by atoms with Crippen LogP contribution in [0.15, 0.2) is 30.3 Å². The molecule has 0 aromatic heterocycles. The van der Waals surface area contributed by atoms with Crippen molar-refractivity contribution >= 4 is 12.1 Å². The average molecular weight is 346 g/mol. The Bertz CT molecular complexity index is 560. The fourth-order valence-electron chi connectivity index (χ4n) is 2.15. The number of hydrogen-bond donors (Lipinski definition) is 1. The van der Waals surface area contributed by atoms with Gasteiger partial charge >= 0.3 is 18.2 Å². The van der Waals surface area contributed by atoms with Crippen LogP contribution in [0.4, 0.5) is 18.0 Å². The highest BCUT2D eigenvalue weighted by molar-refractivity contribution is 5.77. The number of amides is 1. The zero-order chi connectivity index (χ0) is 17.6. The van der Waals surface area contributed by atoms with Crippen LogP contribution in [0.5, 0.6) is 0 Å². The molecule has 9 heteroatoms. The summed E-state index contributed by atoms with van der Waals surface area (Å²) in [6, 6.07) is 8.19. The van der Waals surface area contributed by atoms with E-state index in [9.17, 15) is 22.8 Å². The molecule has 0 atom stereocenters. The molecule has 1 amide bonds. The van der Waals surface area contributed by atoms with Gasteiger partial charge in [0.05, 0.1) is 6.54 Å². The average Bonchev–Trinajstić information content (AvgIpc) is 2.55. The topological polar surface area (TPSA) is 67.9 Å². The van der Waals surface area contributed by atoms with Crippen LogP contribution in [0.3, 0.4) is 0 Å². The second-order valence-corrected chi connectivity index (χ2v) is 5.23. The van der Waals surface area contributed by atoms with Crippen molar-refractivity contribution in [1.29, 1.82) is 0 Å². The maximum atomic E-state index is 12.4. The van der Waals surface area contributed by atoms with E-state index in [2.05, 4.69) is 10.2 Å². The van der Waals surface area contributed by atoms with Crippen LogP contribution in [0.2, 0.25) is 0 Å². The molecule has 24 heavy (non-hydrogen) atoms. The first-order chi connectivity index (χ1) is 11.4. The van der Waals surface area contributed by atoms with Gasteiger partial charge in [-0.3, -0.25) is 0 Å². The second kappa shape index (κ2) is 8.00. The van der Waals surface area contributed by atoms with Crippen LogP contribution < -0.4 is 5.32 Å². The van der Waals surface area contributed by atoms with Gasteiger partial charge in [-0.05, 0) is 31.5 Å². The SMILES string of the molecule is O=C(OC1CCNCC1)N(Cc1ccccc1)OC(=O)C(F)(F)F. The summed E-state index contributed by atoms with van der Waals surface area (Å²) in [5, 5.41) is 3.37. The number of rotatable bonds is 3. The standard InChI is InChI=1S/C15H17F3N2O4/c16-15(17,18)13(21)24-20(10-11-4-2-1-3-5-11)14(22)23-12-6-8-19-9-7-12/h1-5,12,19H,6-10H2. The van der Waals surface area contributed by atoms with Gasteiger partial charge in [-0.25, -0.2) is 9.59 Å². The lowest BCUT2D eigenvalue weighted by Crippen LogP contribution is -2.41. The number of hydroxylamine groups is 2. The van der Waals surface area contributed by atoms with E-state index in [-0.39, 0.29) is 6.54 Å². The highest BCUT2D eigenvalue weighted by atomic mass is 19.4. The Morgan fingerprint density at radius 2 is 1.79 bits per heavy atom. The van der Waals surface area contributed by atoms with E-state index in [4.69, 9.17) is 4.74 Å². The Labute approximate surface area is 136 Å². The summed E-state index contributed by atoms with van der Waals surface area (Å²) in [4.78, 5) is 27.4. The lowest BCUT2D eigenvalue weighted by molar-refractivity contribution is -0.233. The summed E-state index contributed by atoms with van der Waals surface area (Å²) in [5.41, 5.74) is 0.495. The molecule has 2 rings (SSSR count). The van der Waals surface area contributed by atoms with Crippen molar-refractivity contribution < 1.29 is 32.3 Å². The minimum absolute atomic E-state index is 0.299. The molecule has 1 aliphatic rings. The van der Waals surface area contributed by atoms with Crippen molar-refractivity contribution in [3.05, 3.63) is 35.9 Å². The molecule has 1 N–H and O–H groups in total. The number of carbonyl (C=O) groups is 2. The largest absolute Gasteiger partial charge is 0.493 e.